The molecule has 0 saturated heterocycles. The van der Waals surface area contributed by atoms with Crippen molar-refractivity contribution >= 4 is 27.6 Å². The fourth-order valence-electron chi connectivity index (χ4n) is 1.83. The number of carboxylic acid groups (broad SMARTS) is 1. The third kappa shape index (κ3) is 3.51. The standard InChI is InChI=1S/C15H14BrNO3/c16-15-12(17)6-3-7-13(15)20-9-11-5-2-1-4-10(11)8-14(18)19/h1-7H,8-9,17H2,(H,18,19). The summed E-state index contributed by atoms with van der Waals surface area (Å²) in [6.45, 7) is 0.297. The highest BCUT2D eigenvalue weighted by atomic mass is 79.9. The largest absolute Gasteiger partial charge is 0.488 e. The van der Waals surface area contributed by atoms with E-state index in [2.05, 4.69) is 15.9 Å². The van der Waals surface area contributed by atoms with Crippen LogP contribution in [-0.2, 0) is 17.8 Å². The molecule has 0 bridgehead atoms. The highest BCUT2D eigenvalue weighted by molar-refractivity contribution is 9.10. The summed E-state index contributed by atoms with van der Waals surface area (Å²) in [5.41, 5.74) is 7.98. The van der Waals surface area contributed by atoms with E-state index < -0.39 is 5.97 Å². The molecular formula is C15H14BrNO3. The van der Waals surface area contributed by atoms with Crippen molar-refractivity contribution in [3.8, 4) is 5.75 Å². The first-order chi connectivity index (χ1) is 9.58. The van der Waals surface area contributed by atoms with Crippen LogP contribution in [0.15, 0.2) is 46.9 Å². The number of hydrogen-bond donors (Lipinski definition) is 2. The second-order valence-electron chi connectivity index (χ2n) is 4.29. The molecule has 0 unspecified atom stereocenters. The van der Waals surface area contributed by atoms with Gasteiger partial charge in [0.15, 0.2) is 0 Å². The van der Waals surface area contributed by atoms with Crippen LogP contribution in [0.1, 0.15) is 11.1 Å². The molecule has 0 fully saturated rings. The molecule has 0 radical (unpaired) electrons. The van der Waals surface area contributed by atoms with E-state index in [0.29, 0.717) is 22.5 Å². The van der Waals surface area contributed by atoms with Crippen molar-refractivity contribution in [3.05, 3.63) is 58.1 Å². The molecule has 5 heteroatoms. The average Bonchev–Trinajstić information content (AvgIpc) is 2.41. The summed E-state index contributed by atoms with van der Waals surface area (Å²) in [7, 11) is 0. The molecule has 0 aromatic heterocycles. The van der Waals surface area contributed by atoms with Gasteiger partial charge in [0.05, 0.1) is 10.9 Å². The molecule has 2 aromatic carbocycles. The quantitative estimate of drug-likeness (QED) is 0.822. The van der Waals surface area contributed by atoms with E-state index in [1.54, 1.807) is 24.3 Å². The molecule has 0 aliphatic heterocycles. The summed E-state index contributed by atoms with van der Waals surface area (Å²) in [4.78, 5) is 10.8. The van der Waals surface area contributed by atoms with Gasteiger partial charge in [-0.1, -0.05) is 30.3 Å². The molecule has 0 saturated carbocycles. The predicted molar refractivity (Wildman–Crippen MR) is 80.7 cm³/mol. The second kappa shape index (κ2) is 6.43. The van der Waals surface area contributed by atoms with Crippen LogP contribution in [0.25, 0.3) is 0 Å². The van der Waals surface area contributed by atoms with Gasteiger partial charge in [0, 0.05) is 5.69 Å². The van der Waals surface area contributed by atoms with Gasteiger partial charge in [0.2, 0.25) is 0 Å². The molecule has 3 N–H and O–H groups in total. The molecule has 20 heavy (non-hydrogen) atoms. The molecular weight excluding hydrogens is 322 g/mol. The first-order valence-electron chi connectivity index (χ1n) is 6.03. The summed E-state index contributed by atoms with van der Waals surface area (Å²) >= 11 is 3.37. The van der Waals surface area contributed by atoms with E-state index >= 15 is 0 Å². The number of carbonyl (C=O) groups is 1. The van der Waals surface area contributed by atoms with Crippen LogP contribution in [0.2, 0.25) is 0 Å². The van der Waals surface area contributed by atoms with Gasteiger partial charge >= 0.3 is 5.97 Å². The Hall–Kier alpha value is -2.01. The van der Waals surface area contributed by atoms with Gasteiger partial charge in [-0.25, -0.2) is 0 Å². The maximum absolute atomic E-state index is 10.8. The summed E-state index contributed by atoms with van der Waals surface area (Å²) in [6.07, 6.45) is -0.0162. The van der Waals surface area contributed by atoms with Crippen molar-refractivity contribution in [2.24, 2.45) is 0 Å². The van der Waals surface area contributed by atoms with Gasteiger partial charge in [0.25, 0.3) is 0 Å². The number of nitrogen functional groups attached to an aromatic ring is 1. The molecule has 2 aromatic rings. The maximum atomic E-state index is 10.8. The van der Waals surface area contributed by atoms with Crippen LogP contribution in [0.4, 0.5) is 5.69 Å². The van der Waals surface area contributed by atoms with E-state index in [9.17, 15) is 4.79 Å². The average molecular weight is 336 g/mol. The van der Waals surface area contributed by atoms with Crippen LogP contribution in [-0.4, -0.2) is 11.1 Å². The zero-order valence-electron chi connectivity index (χ0n) is 10.7. The lowest BCUT2D eigenvalue weighted by Gasteiger charge is -2.12. The van der Waals surface area contributed by atoms with E-state index in [-0.39, 0.29) is 6.42 Å². The van der Waals surface area contributed by atoms with E-state index in [0.717, 1.165) is 11.1 Å². The minimum atomic E-state index is -0.859. The highest BCUT2D eigenvalue weighted by Crippen LogP contribution is 2.31. The van der Waals surface area contributed by atoms with Crippen LogP contribution >= 0.6 is 15.9 Å². The Kier molecular flexibility index (Phi) is 4.63. The smallest absolute Gasteiger partial charge is 0.307 e. The van der Waals surface area contributed by atoms with Crippen molar-refractivity contribution in [1.82, 2.24) is 0 Å². The number of halogens is 1. The SMILES string of the molecule is Nc1cccc(OCc2ccccc2CC(=O)O)c1Br. The van der Waals surface area contributed by atoms with Gasteiger partial charge in [-0.15, -0.1) is 0 Å². The molecule has 0 amide bonds. The molecule has 0 heterocycles. The lowest BCUT2D eigenvalue weighted by Crippen LogP contribution is -2.06. The van der Waals surface area contributed by atoms with Gasteiger partial charge in [0.1, 0.15) is 12.4 Å². The molecule has 104 valence electrons. The number of carboxylic acids is 1. The number of ether oxygens (including phenoxy) is 1. The summed E-state index contributed by atoms with van der Waals surface area (Å²) < 4.78 is 6.41. The fourth-order valence-corrected chi connectivity index (χ4v) is 2.21. The van der Waals surface area contributed by atoms with E-state index in [4.69, 9.17) is 15.6 Å². The van der Waals surface area contributed by atoms with Crippen molar-refractivity contribution < 1.29 is 14.6 Å². The Morgan fingerprint density at radius 3 is 2.55 bits per heavy atom. The normalized spacial score (nSPS) is 10.2. The topological polar surface area (TPSA) is 72.5 Å². The molecule has 4 nitrogen and oxygen atoms in total. The van der Waals surface area contributed by atoms with Crippen molar-refractivity contribution in [3.63, 3.8) is 0 Å². The highest BCUT2D eigenvalue weighted by Gasteiger charge is 2.08. The minimum absolute atomic E-state index is 0.0162. The zero-order chi connectivity index (χ0) is 14.5. The van der Waals surface area contributed by atoms with Crippen LogP contribution < -0.4 is 10.5 Å². The lowest BCUT2D eigenvalue weighted by atomic mass is 10.1. The lowest BCUT2D eigenvalue weighted by molar-refractivity contribution is -0.136. The summed E-state index contributed by atoms with van der Waals surface area (Å²) in [5, 5.41) is 8.89. The van der Waals surface area contributed by atoms with E-state index in [1.807, 2.05) is 18.2 Å². The fraction of sp³-hybridized carbons (Fsp3) is 0.133. The third-order valence-electron chi connectivity index (χ3n) is 2.84. The molecule has 0 spiro atoms. The predicted octanol–water partition coefficient (Wildman–Crippen LogP) is 3.24. The van der Waals surface area contributed by atoms with Crippen LogP contribution in [0, 0.1) is 0 Å². The Morgan fingerprint density at radius 2 is 1.85 bits per heavy atom. The first kappa shape index (κ1) is 14.4. The summed E-state index contributed by atoms with van der Waals surface area (Å²) in [5.74, 6) is -0.224. The molecule has 2 rings (SSSR count). The number of aliphatic carboxylic acids is 1. The number of hydrogen-bond acceptors (Lipinski definition) is 3. The number of anilines is 1. The maximum Gasteiger partial charge on any atom is 0.307 e. The minimum Gasteiger partial charge on any atom is -0.488 e. The molecule has 0 aliphatic carbocycles. The van der Waals surface area contributed by atoms with E-state index in [1.165, 1.54) is 0 Å². The van der Waals surface area contributed by atoms with Gasteiger partial charge < -0.3 is 15.6 Å². The van der Waals surface area contributed by atoms with Crippen molar-refractivity contribution in [2.45, 2.75) is 13.0 Å². The number of benzene rings is 2. The van der Waals surface area contributed by atoms with Gasteiger partial charge in [-0.3, -0.25) is 4.79 Å². The van der Waals surface area contributed by atoms with Gasteiger partial charge in [-0.2, -0.15) is 0 Å². The molecule has 0 atom stereocenters. The summed E-state index contributed by atoms with van der Waals surface area (Å²) in [6, 6.07) is 12.7. The Morgan fingerprint density at radius 1 is 1.15 bits per heavy atom. The molecule has 0 aliphatic rings. The number of rotatable bonds is 5. The Balaban J connectivity index is 2.15. The Bertz CT molecular complexity index is 628. The first-order valence-corrected chi connectivity index (χ1v) is 6.82. The van der Waals surface area contributed by atoms with Crippen molar-refractivity contribution in [2.75, 3.05) is 5.73 Å². The number of nitrogens with two attached hydrogens (primary N) is 1. The monoisotopic (exact) mass is 335 g/mol. The Labute approximate surface area is 125 Å². The van der Waals surface area contributed by atoms with Crippen LogP contribution in [0.5, 0.6) is 5.75 Å². The van der Waals surface area contributed by atoms with Crippen molar-refractivity contribution in [1.29, 1.82) is 0 Å². The van der Waals surface area contributed by atoms with Crippen LogP contribution in [0.3, 0.4) is 0 Å². The third-order valence-corrected chi connectivity index (χ3v) is 3.69. The van der Waals surface area contributed by atoms with Gasteiger partial charge in [-0.05, 0) is 39.2 Å². The second-order valence-corrected chi connectivity index (χ2v) is 5.08. The zero-order valence-corrected chi connectivity index (χ0v) is 12.3.